The zero-order chi connectivity index (χ0) is 22.0. The van der Waals surface area contributed by atoms with Gasteiger partial charge in [-0.05, 0) is 19.2 Å². The van der Waals surface area contributed by atoms with Crippen LogP contribution >= 0.6 is 0 Å². The van der Waals surface area contributed by atoms with Gasteiger partial charge in [-0.3, -0.25) is 10.2 Å². The summed E-state index contributed by atoms with van der Waals surface area (Å²) in [6, 6.07) is 6.35. The third kappa shape index (κ3) is 4.40. The van der Waals surface area contributed by atoms with Crippen molar-refractivity contribution in [2.75, 3.05) is 44.4 Å². The molecule has 1 aliphatic heterocycles. The molecule has 0 unspecified atom stereocenters. The lowest BCUT2D eigenvalue weighted by molar-refractivity contribution is 0.100. The minimum absolute atomic E-state index is 0.0179. The van der Waals surface area contributed by atoms with E-state index in [0.717, 1.165) is 0 Å². The smallest absolute Gasteiger partial charge is 0.292 e. The summed E-state index contributed by atoms with van der Waals surface area (Å²) in [6.07, 6.45) is 5.94. The first-order chi connectivity index (χ1) is 14.8. The normalized spacial score (nSPS) is 15.6. The van der Waals surface area contributed by atoms with Crippen LogP contribution in [0, 0.1) is 0 Å². The van der Waals surface area contributed by atoms with E-state index in [-0.39, 0.29) is 16.4 Å². The third-order valence-electron chi connectivity index (χ3n) is 5.00. The molecule has 1 fully saturated rings. The molecule has 12 heteroatoms. The lowest BCUT2D eigenvalue weighted by Gasteiger charge is -2.31. The Bertz CT molecular complexity index is 1170. The first kappa shape index (κ1) is 20.9. The number of carbonyl (C=O) groups excluding carboxylic acids is 1. The van der Waals surface area contributed by atoms with Crippen molar-refractivity contribution in [2.24, 2.45) is 0 Å². The third-order valence-corrected chi connectivity index (χ3v) is 6.91. The van der Waals surface area contributed by atoms with E-state index < -0.39 is 15.9 Å². The molecule has 31 heavy (non-hydrogen) atoms. The monoisotopic (exact) mass is 442 g/mol. The van der Waals surface area contributed by atoms with E-state index in [2.05, 4.69) is 25.3 Å². The molecule has 0 atom stereocenters. The summed E-state index contributed by atoms with van der Waals surface area (Å²) in [5.41, 5.74) is 9.36. The van der Waals surface area contributed by atoms with Crippen LogP contribution in [0.1, 0.15) is 10.5 Å². The minimum Gasteiger partial charge on any atom is -0.382 e. The van der Waals surface area contributed by atoms with Gasteiger partial charge in [0, 0.05) is 44.1 Å². The van der Waals surface area contributed by atoms with Crippen LogP contribution in [0.25, 0.3) is 11.3 Å². The number of nitrogens with zero attached hydrogens (tertiary/aromatic N) is 6. The zero-order valence-electron chi connectivity index (χ0n) is 16.8. The number of benzene rings is 1. The van der Waals surface area contributed by atoms with Crippen LogP contribution in [0.5, 0.6) is 0 Å². The summed E-state index contributed by atoms with van der Waals surface area (Å²) in [6.45, 7) is 2.31. The molecule has 0 radical (unpaired) electrons. The van der Waals surface area contributed by atoms with Gasteiger partial charge in [0.05, 0.1) is 16.8 Å². The molecule has 11 nitrogen and oxygen atoms in total. The van der Waals surface area contributed by atoms with Gasteiger partial charge in [0.25, 0.3) is 5.91 Å². The van der Waals surface area contributed by atoms with Crippen LogP contribution in [-0.4, -0.2) is 76.4 Å². The molecule has 0 bridgehead atoms. The van der Waals surface area contributed by atoms with Crippen molar-refractivity contribution < 1.29 is 13.2 Å². The fourth-order valence-corrected chi connectivity index (χ4v) is 4.60. The number of aromatic nitrogens is 4. The molecule has 1 aromatic carbocycles. The van der Waals surface area contributed by atoms with Crippen LogP contribution in [0.3, 0.4) is 0 Å². The average molecular weight is 443 g/mol. The highest BCUT2D eigenvalue weighted by Crippen LogP contribution is 2.23. The summed E-state index contributed by atoms with van der Waals surface area (Å²) in [5.74, 6) is -0.560. The second-order valence-electron chi connectivity index (χ2n) is 7.13. The van der Waals surface area contributed by atoms with E-state index in [1.807, 2.05) is 7.05 Å². The van der Waals surface area contributed by atoms with Gasteiger partial charge >= 0.3 is 0 Å². The van der Waals surface area contributed by atoms with Gasteiger partial charge in [-0.15, -0.1) is 0 Å². The molecular formula is C19H22N8O3S. The number of hydrogen-bond donors (Lipinski definition) is 2. The number of likely N-dealkylation sites (N-methyl/N-ethyl adjacent to an activating group) is 1. The fraction of sp³-hybridized carbons (Fsp3) is 0.263. The predicted molar refractivity (Wildman–Crippen MR) is 114 cm³/mol. The van der Waals surface area contributed by atoms with Gasteiger partial charge in [-0.1, -0.05) is 12.1 Å². The molecule has 0 aliphatic carbocycles. The van der Waals surface area contributed by atoms with E-state index >= 15 is 0 Å². The highest BCUT2D eigenvalue weighted by atomic mass is 32.2. The molecule has 1 amide bonds. The summed E-state index contributed by atoms with van der Waals surface area (Å²) in [5, 5.41) is 0. The highest BCUT2D eigenvalue weighted by Gasteiger charge is 2.27. The van der Waals surface area contributed by atoms with Crippen molar-refractivity contribution in [3.63, 3.8) is 0 Å². The molecule has 4 rings (SSSR count). The second-order valence-corrected chi connectivity index (χ2v) is 9.07. The number of nitrogens with two attached hydrogens (primary N) is 1. The van der Waals surface area contributed by atoms with Crippen molar-refractivity contribution in [3.05, 3.63) is 54.9 Å². The Balaban J connectivity index is 1.56. The van der Waals surface area contributed by atoms with Crippen LogP contribution in [0.4, 0.5) is 5.82 Å². The van der Waals surface area contributed by atoms with E-state index in [0.29, 0.717) is 37.4 Å². The van der Waals surface area contributed by atoms with E-state index in [9.17, 15) is 13.2 Å². The molecule has 3 aromatic rings. The Labute approximate surface area is 179 Å². The van der Waals surface area contributed by atoms with Crippen molar-refractivity contribution in [2.45, 2.75) is 4.90 Å². The molecular weight excluding hydrogens is 420 g/mol. The predicted octanol–water partition coefficient (Wildman–Crippen LogP) is 0.242. The Morgan fingerprint density at radius 2 is 1.84 bits per heavy atom. The van der Waals surface area contributed by atoms with Gasteiger partial charge < -0.3 is 10.6 Å². The van der Waals surface area contributed by atoms with Gasteiger partial charge in [0.1, 0.15) is 6.33 Å². The molecule has 0 saturated carbocycles. The number of nitrogen functional groups attached to an aromatic ring is 1. The number of hydrogen-bond acceptors (Lipinski definition) is 8. The number of carbonyl (C=O) groups is 1. The molecule has 1 saturated heterocycles. The number of sulfonamides is 1. The van der Waals surface area contributed by atoms with Crippen molar-refractivity contribution in [1.82, 2.24) is 28.8 Å². The first-order valence-corrected chi connectivity index (χ1v) is 11.0. The maximum absolute atomic E-state index is 12.9. The SMILES string of the molecule is CN1CCN(S(=O)(=O)c2ccc(-c3cnc(N)c(C(=O)Nn4ccnc4)n3)cc2)CC1. The van der Waals surface area contributed by atoms with E-state index in [1.165, 1.54) is 39.8 Å². The zero-order valence-corrected chi connectivity index (χ0v) is 17.7. The number of nitrogens with one attached hydrogen (secondary N) is 1. The van der Waals surface area contributed by atoms with Gasteiger partial charge in [-0.25, -0.2) is 28.0 Å². The quantitative estimate of drug-likeness (QED) is 0.573. The fourth-order valence-electron chi connectivity index (χ4n) is 3.18. The van der Waals surface area contributed by atoms with Gasteiger partial charge in [0.2, 0.25) is 10.0 Å². The molecule has 2 aromatic heterocycles. The van der Waals surface area contributed by atoms with Crippen LogP contribution in [0.15, 0.2) is 54.1 Å². The van der Waals surface area contributed by atoms with E-state index in [1.54, 1.807) is 18.3 Å². The molecule has 3 N–H and O–H groups in total. The maximum atomic E-state index is 12.9. The first-order valence-electron chi connectivity index (χ1n) is 9.55. The Morgan fingerprint density at radius 3 is 2.48 bits per heavy atom. The summed E-state index contributed by atoms with van der Waals surface area (Å²) in [4.78, 5) is 27.0. The molecule has 162 valence electrons. The minimum atomic E-state index is -3.56. The van der Waals surface area contributed by atoms with Crippen molar-refractivity contribution in [3.8, 4) is 11.3 Å². The van der Waals surface area contributed by atoms with Crippen LogP contribution in [-0.2, 0) is 10.0 Å². The lowest BCUT2D eigenvalue weighted by Crippen LogP contribution is -2.46. The topological polar surface area (TPSA) is 139 Å². The second kappa shape index (κ2) is 8.41. The van der Waals surface area contributed by atoms with Crippen molar-refractivity contribution in [1.29, 1.82) is 0 Å². The average Bonchev–Trinajstić information content (AvgIpc) is 3.27. The molecule has 1 aliphatic rings. The van der Waals surface area contributed by atoms with E-state index in [4.69, 9.17) is 5.73 Å². The van der Waals surface area contributed by atoms with Crippen LogP contribution in [0.2, 0.25) is 0 Å². The van der Waals surface area contributed by atoms with Crippen LogP contribution < -0.4 is 11.2 Å². The Kier molecular flexibility index (Phi) is 5.67. The standard InChI is InChI=1S/C19H22N8O3S/c1-25-8-10-27(11-9-25)31(29,30)15-4-2-14(3-5-15)16-12-22-18(20)17(23-16)19(28)24-26-7-6-21-13-26/h2-7,12-13H,8-11H2,1H3,(H2,20,22)(H,24,28). The number of imidazole rings is 1. The van der Waals surface area contributed by atoms with Crippen molar-refractivity contribution >= 4 is 21.7 Å². The van der Waals surface area contributed by atoms with Gasteiger partial charge in [-0.2, -0.15) is 4.31 Å². The summed E-state index contributed by atoms with van der Waals surface area (Å²) < 4.78 is 28.6. The highest BCUT2D eigenvalue weighted by molar-refractivity contribution is 7.89. The number of piperazine rings is 1. The Morgan fingerprint density at radius 1 is 1.13 bits per heavy atom. The maximum Gasteiger partial charge on any atom is 0.292 e. The largest absolute Gasteiger partial charge is 0.382 e. The number of rotatable bonds is 5. The number of anilines is 1. The number of amides is 1. The van der Waals surface area contributed by atoms with Gasteiger partial charge in [0.15, 0.2) is 11.5 Å². The summed E-state index contributed by atoms with van der Waals surface area (Å²) in [7, 11) is -1.60. The summed E-state index contributed by atoms with van der Waals surface area (Å²) >= 11 is 0. The lowest BCUT2D eigenvalue weighted by atomic mass is 10.1. The Hall–Kier alpha value is -3.35. The molecule has 0 spiro atoms. The molecule has 3 heterocycles.